The fourth-order valence-corrected chi connectivity index (χ4v) is 2.71. The van der Waals surface area contributed by atoms with Crippen LogP contribution in [-0.2, 0) is 0 Å². The van der Waals surface area contributed by atoms with Crippen molar-refractivity contribution >= 4 is 22.7 Å². The lowest BCUT2D eigenvalue weighted by molar-refractivity contribution is 0.102. The number of carbonyl (C=O) groups is 1. The summed E-state index contributed by atoms with van der Waals surface area (Å²) in [5.74, 6) is -0.160. The van der Waals surface area contributed by atoms with E-state index in [2.05, 4.69) is 10.3 Å². The molecular formula is C21H15FN2O2. The molecule has 0 spiro atoms. The van der Waals surface area contributed by atoms with Crippen LogP contribution in [0.3, 0.4) is 0 Å². The lowest BCUT2D eigenvalue weighted by Crippen LogP contribution is -2.11. The smallest absolute Gasteiger partial charge is 0.255 e. The minimum absolute atomic E-state index is 0.313. The number of aromatic nitrogens is 1. The van der Waals surface area contributed by atoms with Gasteiger partial charge in [0.1, 0.15) is 11.3 Å². The summed E-state index contributed by atoms with van der Waals surface area (Å²) in [6, 6.07) is 18.6. The number of nitrogens with one attached hydrogen (secondary N) is 1. The summed E-state index contributed by atoms with van der Waals surface area (Å²) in [4.78, 5) is 16.8. The summed E-state index contributed by atoms with van der Waals surface area (Å²) in [6.07, 6.45) is 0. The molecule has 0 atom stereocenters. The van der Waals surface area contributed by atoms with Crippen molar-refractivity contribution in [3.63, 3.8) is 0 Å². The first kappa shape index (κ1) is 16.0. The number of hydrogen-bond acceptors (Lipinski definition) is 3. The van der Waals surface area contributed by atoms with Gasteiger partial charge in [0, 0.05) is 16.8 Å². The second kappa shape index (κ2) is 6.44. The van der Waals surface area contributed by atoms with Crippen LogP contribution in [0.4, 0.5) is 10.1 Å². The van der Waals surface area contributed by atoms with E-state index in [0.29, 0.717) is 28.2 Å². The second-order valence-electron chi connectivity index (χ2n) is 6.03. The van der Waals surface area contributed by atoms with E-state index in [-0.39, 0.29) is 11.7 Å². The van der Waals surface area contributed by atoms with Crippen LogP contribution in [-0.4, -0.2) is 10.9 Å². The van der Waals surface area contributed by atoms with Crippen molar-refractivity contribution < 1.29 is 13.6 Å². The molecule has 0 saturated carbocycles. The second-order valence-corrected chi connectivity index (χ2v) is 6.03. The molecule has 4 aromatic rings. The van der Waals surface area contributed by atoms with Crippen LogP contribution in [0.15, 0.2) is 71.1 Å². The van der Waals surface area contributed by atoms with Crippen molar-refractivity contribution in [1.82, 2.24) is 4.98 Å². The van der Waals surface area contributed by atoms with Gasteiger partial charge in [0.05, 0.1) is 0 Å². The zero-order valence-corrected chi connectivity index (χ0v) is 14.0. The quantitative estimate of drug-likeness (QED) is 0.555. The first-order valence-corrected chi connectivity index (χ1v) is 8.13. The van der Waals surface area contributed by atoms with Crippen molar-refractivity contribution in [2.75, 3.05) is 5.32 Å². The fourth-order valence-electron chi connectivity index (χ4n) is 2.71. The number of benzene rings is 3. The number of oxazole rings is 1. The third kappa shape index (κ3) is 3.19. The molecule has 1 heterocycles. The Morgan fingerprint density at radius 2 is 1.85 bits per heavy atom. The van der Waals surface area contributed by atoms with E-state index >= 15 is 0 Å². The molecule has 26 heavy (non-hydrogen) atoms. The zero-order valence-electron chi connectivity index (χ0n) is 14.0. The van der Waals surface area contributed by atoms with Crippen molar-refractivity contribution in [2.24, 2.45) is 0 Å². The van der Waals surface area contributed by atoms with Crippen LogP contribution in [0.2, 0.25) is 0 Å². The summed E-state index contributed by atoms with van der Waals surface area (Å²) in [6.45, 7) is 2.01. The average Bonchev–Trinajstić information content (AvgIpc) is 3.05. The molecular weight excluding hydrogens is 331 g/mol. The summed E-state index contributed by atoms with van der Waals surface area (Å²) in [5, 5.41) is 2.78. The molecule has 1 aromatic heterocycles. The maximum absolute atomic E-state index is 13.0. The Morgan fingerprint density at radius 1 is 1.04 bits per heavy atom. The SMILES string of the molecule is Cc1cccc(-c2nc3cc(NC(=O)c4ccc(F)cc4)ccc3o2)c1. The highest BCUT2D eigenvalue weighted by Gasteiger charge is 2.11. The maximum Gasteiger partial charge on any atom is 0.255 e. The first-order chi connectivity index (χ1) is 12.6. The number of nitrogens with zero attached hydrogens (tertiary/aromatic N) is 1. The Hall–Kier alpha value is -3.47. The van der Waals surface area contributed by atoms with Crippen LogP contribution < -0.4 is 5.32 Å². The lowest BCUT2D eigenvalue weighted by Gasteiger charge is -2.04. The Balaban J connectivity index is 1.61. The summed E-state index contributed by atoms with van der Waals surface area (Å²) < 4.78 is 18.8. The highest BCUT2D eigenvalue weighted by atomic mass is 19.1. The van der Waals surface area contributed by atoms with E-state index in [0.717, 1.165) is 11.1 Å². The Labute approximate surface area is 149 Å². The molecule has 4 nitrogen and oxygen atoms in total. The van der Waals surface area contributed by atoms with Crippen molar-refractivity contribution in [3.05, 3.63) is 83.7 Å². The number of rotatable bonds is 3. The van der Waals surface area contributed by atoms with Crippen molar-refractivity contribution in [2.45, 2.75) is 6.92 Å². The largest absolute Gasteiger partial charge is 0.436 e. The molecule has 0 fully saturated rings. The van der Waals surface area contributed by atoms with Crippen LogP contribution in [0, 0.1) is 12.7 Å². The van der Waals surface area contributed by atoms with Crippen LogP contribution in [0.5, 0.6) is 0 Å². The van der Waals surface area contributed by atoms with Gasteiger partial charge in [0.25, 0.3) is 5.91 Å². The normalized spacial score (nSPS) is 10.8. The number of fused-ring (bicyclic) bond motifs is 1. The van der Waals surface area contributed by atoms with Crippen LogP contribution in [0.1, 0.15) is 15.9 Å². The van der Waals surface area contributed by atoms with Crippen LogP contribution in [0.25, 0.3) is 22.6 Å². The van der Waals surface area contributed by atoms with Gasteiger partial charge in [-0.15, -0.1) is 0 Å². The summed E-state index contributed by atoms with van der Waals surface area (Å²) in [5.41, 5.74) is 4.29. The highest BCUT2D eigenvalue weighted by Crippen LogP contribution is 2.26. The molecule has 5 heteroatoms. The summed E-state index contributed by atoms with van der Waals surface area (Å²) in [7, 11) is 0. The van der Waals surface area contributed by atoms with Gasteiger partial charge >= 0.3 is 0 Å². The molecule has 0 aliphatic heterocycles. The van der Waals surface area contributed by atoms with Gasteiger partial charge in [-0.2, -0.15) is 0 Å². The molecule has 1 amide bonds. The van der Waals surface area contributed by atoms with Crippen molar-refractivity contribution in [3.8, 4) is 11.5 Å². The standard InChI is InChI=1S/C21H15FN2O2/c1-13-3-2-4-15(11-13)21-24-18-12-17(9-10-19(18)26-21)23-20(25)14-5-7-16(22)8-6-14/h2-12H,1H3,(H,23,25). The van der Waals surface area contributed by atoms with Gasteiger partial charge in [-0.3, -0.25) is 4.79 Å². The number of anilines is 1. The predicted molar refractivity (Wildman–Crippen MR) is 98.5 cm³/mol. The molecule has 0 bridgehead atoms. The molecule has 3 aromatic carbocycles. The van der Waals surface area contributed by atoms with E-state index in [9.17, 15) is 9.18 Å². The Morgan fingerprint density at radius 3 is 2.62 bits per heavy atom. The number of aryl methyl sites for hydroxylation is 1. The fraction of sp³-hybridized carbons (Fsp3) is 0.0476. The maximum atomic E-state index is 13.0. The van der Waals surface area contributed by atoms with Gasteiger partial charge < -0.3 is 9.73 Å². The molecule has 0 saturated heterocycles. The van der Waals surface area contributed by atoms with E-state index in [1.165, 1.54) is 24.3 Å². The Bertz CT molecular complexity index is 1100. The van der Waals surface area contributed by atoms with Gasteiger partial charge in [-0.25, -0.2) is 9.37 Å². The molecule has 1 N–H and O–H groups in total. The molecule has 0 aliphatic carbocycles. The highest BCUT2D eigenvalue weighted by molar-refractivity contribution is 6.04. The van der Waals surface area contributed by atoms with E-state index < -0.39 is 0 Å². The lowest BCUT2D eigenvalue weighted by atomic mass is 10.1. The number of amides is 1. The molecule has 0 aliphatic rings. The predicted octanol–water partition coefficient (Wildman–Crippen LogP) is 5.19. The first-order valence-electron chi connectivity index (χ1n) is 8.13. The Kier molecular flexibility index (Phi) is 3.97. The number of halogens is 1. The van der Waals surface area contributed by atoms with E-state index in [1.54, 1.807) is 18.2 Å². The molecule has 128 valence electrons. The minimum Gasteiger partial charge on any atom is -0.436 e. The van der Waals surface area contributed by atoms with E-state index in [4.69, 9.17) is 4.42 Å². The molecule has 0 radical (unpaired) electrons. The minimum atomic E-state index is -0.380. The topological polar surface area (TPSA) is 55.1 Å². The van der Waals surface area contributed by atoms with Gasteiger partial charge in [-0.1, -0.05) is 17.7 Å². The van der Waals surface area contributed by atoms with Gasteiger partial charge in [0.15, 0.2) is 5.58 Å². The number of hydrogen-bond donors (Lipinski definition) is 1. The summed E-state index contributed by atoms with van der Waals surface area (Å²) >= 11 is 0. The third-order valence-corrected chi connectivity index (χ3v) is 4.02. The van der Waals surface area contributed by atoms with Gasteiger partial charge in [0.2, 0.25) is 5.89 Å². The average molecular weight is 346 g/mol. The monoisotopic (exact) mass is 346 g/mol. The third-order valence-electron chi connectivity index (χ3n) is 4.02. The van der Waals surface area contributed by atoms with Gasteiger partial charge in [-0.05, 0) is 61.5 Å². The van der Waals surface area contributed by atoms with Crippen LogP contribution >= 0.6 is 0 Å². The van der Waals surface area contributed by atoms with Crippen molar-refractivity contribution in [1.29, 1.82) is 0 Å². The molecule has 4 rings (SSSR count). The zero-order chi connectivity index (χ0) is 18.1. The molecule has 0 unspecified atom stereocenters. The number of carbonyl (C=O) groups excluding carboxylic acids is 1. The van der Waals surface area contributed by atoms with E-state index in [1.807, 2.05) is 31.2 Å².